The van der Waals surface area contributed by atoms with E-state index in [2.05, 4.69) is 25.3 Å². The van der Waals surface area contributed by atoms with Gasteiger partial charge in [-0.1, -0.05) is 6.07 Å². The molecule has 1 aliphatic carbocycles. The van der Waals surface area contributed by atoms with E-state index in [9.17, 15) is 14.4 Å². The number of rotatable bonds is 5. The maximum atomic E-state index is 14.2. The molecule has 2 aromatic heterocycles. The number of hydrogen-bond acceptors (Lipinski definition) is 11. The molecule has 4 aromatic rings. The number of carbonyl (C=O) groups is 3. The van der Waals surface area contributed by atoms with Crippen LogP contribution in [0, 0.1) is 0 Å². The average Bonchev–Trinajstić information content (AvgIpc) is 3.56. The summed E-state index contributed by atoms with van der Waals surface area (Å²) in [7, 11) is 1.56. The van der Waals surface area contributed by atoms with Gasteiger partial charge in [0.25, 0.3) is 0 Å². The second kappa shape index (κ2) is 10.9. The van der Waals surface area contributed by atoms with E-state index < -0.39 is 28.8 Å². The Bertz CT molecular complexity index is 1970. The van der Waals surface area contributed by atoms with Crippen LogP contribution in [0.3, 0.4) is 0 Å². The minimum atomic E-state index is -0.999. The van der Waals surface area contributed by atoms with Crippen LogP contribution in [-0.4, -0.2) is 69.2 Å². The highest BCUT2D eigenvalue weighted by molar-refractivity contribution is 6.23. The molecule has 1 spiro atoms. The van der Waals surface area contributed by atoms with Gasteiger partial charge >= 0.3 is 12.2 Å². The first-order valence-corrected chi connectivity index (χ1v) is 16.0. The van der Waals surface area contributed by atoms with Crippen LogP contribution in [0.15, 0.2) is 48.8 Å². The van der Waals surface area contributed by atoms with Crippen LogP contribution >= 0.6 is 0 Å². The first kappa shape index (κ1) is 31.4. The Kier molecular flexibility index (Phi) is 7.15. The second-order valence-electron chi connectivity index (χ2n) is 14.5. The fourth-order valence-corrected chi connectivity index (χ4v) is 6.45. The first-order chi connectivity index (χ1) is 22.7. The average molecular weight is 654 g/mol. The van der Waals surface area contributed by atoms with Crippen molar-refractivity contribution >= 4 is 52.1 Å². The Balaban J connectivity index is 1.28. The molecule has 2 atom stereocenters. The van der Waals surface area contributed by atoms with Crippen LogP contribution in [0.2, 0.25) is 0 Å². The number of methoxy groups -OCH3 is 1. The topological polar surface area (TPSA) is 141 Å². The number of amides is 2. The minimum absolute atomic E-state index is 0.285. The second-order valence-corrected chi connectivity index (χ2v) is 14.5. The predicted octanol–water partition coefficient (Wildman–Crippen LogP) is 6.28. The molecule has 2 aromatic carbocycles. The molecule has 250 valence electrons. The molecular formula is C35H39N7O6. The minimum Gasteiger partial charge on any atom is -0.497 e. The largest absolute Gasteiger partial charge is 0.497 e. The number of ether oxygens (including phenoxy) is 3. The zero-order valence-corrected chi connectivity index (χ0v) is 28.2. The summed E-state index contributed by atoms with van der Waals surface area (Å²) < 4.78 is 18.1. The number of nitrogens with one attached hydrogen (secondary N) is 1. The third-order valence-corrected chi connectivity index (χ3v) is 8.80. The lowest BCUT2D eigenvalue weighted by Crippen LogP contribution is -2.41. The highest BCUT2D eigenvalue weighted by atomic mass is 16.6. The van der Waals surface area contributed by atoms with Crippen molar-refractivity contribution in [3.63, 3.8) is 0 Å². The Labute approximate surface area is 278 Å². The highest BCUT2D eigenvalue weighted by Gasteiger charge is 2.68. The van der Waals surface area contributed by atoms with Gasteiger partial charge in [-0.05, 0) is 95.8 Å². The van der Waals surface area contributed by atoms with E-state index >= 15 is 0 Å². The lowest BCUT2D eigenvalue weighted by Gasteiger charge is -2.31. The van der Waals surface area contributed by atoms with Gasteiger partial charge in [0.1, 0.15) is 34.9 Å². The summed E-state index contributed by atoms with van der Waals surface area (Å²) in [6, 6.07) is 12.8. The van der Waals surface area contributed by atoms with E-state index in [1.165, 1.54) is 11.0 Å². The van der Waals surface area contributed by atoms with Crippen LogP contribution in [0.25, 0.3) is 10.9 Å². The third-order valence-electron chi connectivity index (χ3n) is 8.80. The van der Waals surface area contributed by atoms with Gasteiger partial charge in [-0.15, -0.1) is 5.10 Å². The number of imide groups is 1. The normalized spacial score (nSPS) is 20.1. The maximum Gasteiger partial charge on any atom is 0.435 e. The number of benzene rings is 2. The molecule has 1 N–H and O–H groups in total. The van der Waals surface area contributed by atoms with E-state index in [1.54, 1.807) is 60.8 Å². The van der Waals surface area contributed by atoms with Crippen molar-refractivity contribution in [1.29, 1.82) is 0 Å². The molecule has 2 fully saturated rings. The molecule has 13 heteroatoms. The highest BCUT2D eigenvalue weighted by Crippen LogP contribution is 2.67. The van der Waals surface area contributed by atoms with E-state index in [-0.39, 0.29) is 11.8 Å². The maximum absolute atomic E-state index is 14.2. The lowest BCUT2D eigenvalue weighted by atomic mass is 9.91. The zero-order chi connectivity index (χ0) is 34.2. The number of fused-ring (bicyclic) bond motifs is 3. The number of hydrogen-bond donors (Lipinski definition) is 1. The van der Waals surface area contributed by atoms with Crippen LogP contribution in [-0.2, 0) is 19.7 Å². The Morgan fingerprint density at radius 1 is 0.938 bits per heavy atom. The molecule has 1 saturated heterocycles. The molecule has 48 heavy (non-hydrogen) atoms. The van der Waals surface area contributed by atoms with Crippen LogP contribution < -0.4 is 19.9 Å². The molecule has 13 nitrogen and oxygen atoms in total. The van der Waals surface area contributed by atoms with Crippen molar-refractivity contribution in [1.82, 2.24) is 19.7 Å². The summed E-state index contributed by atoms with van der Waals surface area (Å²) in [5, 5.41) is 8.57. The number of carbonyl (C=O) groups excluding carboxylic acids is 3. The van der Waals surface area contributed by atoms with Gasteiger partial charge in [0.15, 0.2) is 5.82 Å². The molecule has 1 saturated carbocycles. The molecule has 0 bridgehead atoms. The van der Waals surface area contributed by atoms with Gasteiger partial charge in [0, 0.05) is 30.5 Å². The van der Waals surface area contributed by atoms with Crippen molar-refractivity contribution in [3.05, 3.63) is 59.9 Å². The smallest absolute Gasteiger partial charge is 0.435 e. The molecule has 4 heterocycles. The van der Waals surface area contributed by atoms with Gasteiger partial charge in [-0.2, -0.15) is 4.68 Å². The van der Waals surface area contributed by atoms with Gasteiger partial charge in [-0.3, -0.25) is 4.79 Å². The summed E-state index contributed by atoms with van der Waals surface area (Å²) in [5.41, 5.74) is -0.0524. The van der Waals surface area contributed by atoms with Gasteiger partial charge in [0.05, 0.1) is 23.7 Å². The van der Waals surface area contributed by atoms with E-state index in [0.29, 0.717) is 46.0 Å². The SMILES string of the molecule is COc1ccc2c(c1)[C@]1(C[C@H]1c1ccc3c(Nc4cc(N5CCC5)ncn4)nn(C(=O)OC(C)(C)C)c3c1)C(=O)N2C(=O)OC(C)(C)C. The first-order valence-electron chi connectivity index (χ1n) is 16.0. The van der Waals surface area contributed by atoms with Crippen molar-refractivity contribution in [2.24, 2.45) is 0 Å². The van der Waals surface area contributed by atoms with Crippen molar-refractivity contribution < 1.29 is 28.6 Å². The Morgan fingerprint density at radius 2 is 1.67 bits per heavy atom. The predicted molar refractivity (Wildman–Crippen MR) is 179 cm³/mol. The molecule has 2 aliphatic heterocycles. The van der Waals surface area contributed by atoms with E-state index in [4.69, 9.17) is 14.2 Å². The summed E-state index contributed by atoms with van der Waals surface area (Å²) in [6.45, 7) is 12.5. The molecule has 0 unspecified atom stereocenters. The van der Waals surface area contributed by atoms with E-state index in [1.807, 2.05) is 30.3 Å². The number of aromatic nitrogens is 4. The molecule has 2 amide bonds. The fraction of sp³-hybridized carbons (Fsp3) is 0.429. The third kappa shape index (κ3) is 5.36. The Hall–Kier alpha value is -5.20. The van der Waals surface area contributed by atoms with Crippen molar-refractivity contribution in [2.45, 2.75) is 76.9 Å². The summed E-state index contributed by atoms with van der Waals surface area (Å²) >= 11 is 0. The number of nitrogens with zero attached hydrogens (tertiary/aromatic N) is 6. The molecule has 7 rings (SSSR count). The van der Waals surface area contributed by atoms with Gasteiger partial charge < -0.3 is 24.4 Å². The van der Waals surface area contributed by atoms with E-state index in [0.717, 1.165) is 35.8 Å². The summed E-state index contributed by atoms with van der Waals surface area (Å²) in [6.07, 6.45) is 1.71. The molecule has 3 aliphatic rings. The number of anilines is 4. The van der Waals surface area contributed by atoms with Crippen LogP contribution in [0.5, 0.6) is 5.75 Å². The summed E-state index contributed by atoms with van der Waals surface area (Å²) in [5.74, 6) is 1.71. The standard InChI is InChI=1S/C35H39N7O6/c1-33(2,3)47-31(44)41-25-12-10-21(46-7)16-23(25)35(30(41)43)18-24(35)20-9-11-22-26(15-20)42(32(45)48-34(4,5)6)39-29(22)38-27-17-28(37-19-36-27)40-13-8-14-40/h9-12,15-17,19,24H,8,13-14,18H2,1-7H3,(H,36,37,38,39)/t24-,35-/m0/s1. The van der Waals surface area contributed by atoms with Crippen molar-refractivity contribution in [2.75, 3.05) is 35.3 Å². The lowest BCUT2D eigenvalue weighted by molar-refractivity contribution is -0.120. The molecule has 0 radical (unpaired) electrons. The fourth-order valence-electron chi connectivity index (χ4n) is 6.45. The Morgan fingerprint density at radius 3 is 2.33 bits per heavy atom. The summed E-state index contributed by atoms with van der Waals surface area (Å²) in [4.78, 5) is 53.1. The van der Waals surface area contributed by atoms with Gasteiger partial charge in [0.2, 0.25) is 5.91 Å². The monoisotopic (exact) mass is 653 g/mol. The quantitative estimate of drug-likeness (QED) is 0.260. The van der Waals surface area contributed by atoms with Crippen LogP contribution in [0.4, 0.5) is 32.7 Å². The molecular weight excluding hydrogens is 614 g/mol. The van der Waals surface area contributed by atoms with Crippen LogP contribution in [0.1, 0.15) is 71.4 Å². The van der Waals surface area contributed by atoms with Crippen molar-refractivity contribution in [3.8, 4) is 5.75 Å². The zero-order valence-electron chi connectivity index (χ0n) is 28.2. The van der Waals surface area contributed by atoms with Gasteiger partial charge in [-0.25, -0.2) is 24.5 Å².